The molecule has 23 heavy (non-hydrogen) atoms. The van der Waals surface area contributed by atoms with Crippen LogP contribution in [0.3, 0.4) is 0 Å². The maximum absolute atomic E-state index is 13.0. The zero-order chi connectivity index (χ0) is 15.3. The number of carbonyl (C=O) groups excluding carboxylic acids is 1. The fourth-order valence-corrected chi connectivity index (χ4v) is 3.36. The Kier molecular flexibility index (Phi) is 3.90. The minimum Gasteiger partial charge on any atom is -1.00 e. The van der Waals surface area contributed by atoms with Crippen LogP contribution in [-0.4, -0.2) is 31.9 Å². The zero-order valence-electron chi connectivity index (χ0n) is 13.1. The number of aromatic amines is 1. The average molecular weight is 330 g/mol. The van der Waals surface area contributed by atoms with Crippen LogP contribution in [0, 0.1) is 6.92 Å². The quantitative estimate of drug-likeness (QED) is 0.683. The summed E-state index contributed by atoms with van der Waals surface area (Å²) in [6.07, 6.45) is 2.57. The van der Waals surface area contributed by atoms with E-state index in [4.69, 9.17) is 0 Å². The number of H-pyrrole nitrogens is 1. The molecule has 1 N–H and O–H groups in total. The molecule has 2 aromatic heterocycles. The van der Waals surface area contributed by atoms with E-state index in [2.05, 4.69) is 20.6 Å². The maximum Gasteiger partial charge on any atom is 0.256 e. The fourth-order valence-electron chi connectivity index (χ4n) is 3.36. The lowest BCUT2D eigenvalue weighted by molar-refractivity contribution is -0.0000147. The van der Waals surface area contributed by atoms with Gasteiger partial charge >= 0.3 is 0 Å². The molecule has 120 valence electrons. The first-order valence-corrected chi connectivity index (χ1v) is 7.51. The van der Waals surface area contributed by atoms with Crippen molar-refractivity contribution in [1.29, 1.82) is 0 Å². The molecule has 0 aliphatic carbocycles. The topological polar surface area (TPSA) is 53.9 Å². The lowest BCUT2D eigenvalue weighted by Crippen LogP contribution is -3.00. The number of hydrogen-bond acceptors (Lipinski definition) is 2. The molecule has 0 atom stereocenters. The number of halogens is 1. The van der Waals surface area contributed by atoms with E-state index >= 15 is 0 Å². The van der Waals surface area contributed by atoms with Crippen molar-refractivity contribution in [2.75, 3.05) is 6.54 Å². The Morgan fingerprint density at radius 1 is 1.30 bits per heavy atom. The van der Waals surface area contributed by atoms with Crippen LogP contribution in [0.5, 0.6) is 0 Å². The summed E-state index contributed by atoms with van der Waals surface area (Å²) in [5, 5.41) is 1.05. The van der Waals surface area contributed by atoms with E-state index in [1.807, 2.05) is 37.1 Å². The largest absolute Gasteiger partial charge is 1.00 e. The molecule has 3 heterocycles. The molecule has 0 spiro atoms. The van der Waals surface area contributed by atoms with E-state index in [0.29, 0.717) is 6.54 Å². The summed E-state index contributed by atoms with van der Waals surface area (Å²) in [5.74, 6) is 0.112. The Morgan fingerprint density at radius 2 is 2.09 bits per heavy atom. The predicted molar refractivity (Wildman–Crippen MR) is 84.7 cm³/mol. The molecule has 0 radical (unpaired) electrons. The predicted octanol–water partition coefficient (Wildman–Crippen LogP) is -0.588. The lowest BCUT2D eigenvalue weighted by atomic mass is 10.0. The second-order valence-corrected chi connectivity index (χ2v) is 5.85. The summed E-state index contributed by atoms with van der Waals surface area (Å²) in [7, 11) is 2.04. The molecule has 1 aromatic carbocycles. The SMILES string of the molecule is Cc1[nH]cnc1CN1CCc2c(c3ccccc3n2C)C1=O.[Cl-]. The van der Waals surface area contributed by atoms with Gasteiger partial charge in [0.05, 0.1) is 24.1 Å². The smallest absolute Gasteiger partial charge is 0.256 e. The number of aryl methyl sites for hydroxylation is 2. The molecule has 1 amide bonds. The zero-order valence-corrected chi connectivity index (χ0v) is 13.9. The number of benzene rings is 1. The van der Waals surface area contributed by atoms with Gasteiger partial charge in [0.25, 0.3) is 5.91 Å². The summed E-state index contributed by atoms with van der Waals surface area (Å²) in [6.45, 7) is 3.29. The Bertz CT molecular complexity index is 880. The van der Waals surface area contributed by atoms with Gasteiger partial charge in [-0.25, -0.2) is 4.98 Å². The minimum atomic E-state index is 0. The van der Waals surface area contributed by atoms with Gasteiger partial charge in [-0.3, -0.25) is 4.79 Å². The monoisotopic (exact) mass is 329 g/mol. The van der Waals surface area contributed by atoms with Crippen LogP contribution in [0.1, 0.15) is 27.4 Å². The molecule has 1 aliphatic heterocycles. The highest BCUT2D eigenvalue weighted by molar-refractivity contribution is 6.09. The number of rotatable bonds is 2. The molecular formula is C17H18ClN4O-. The molecule has 0 bridgehead atoms. The molecule has 3 aromatic rings. The third kappa shape index (κ3) is 2.32. The fraction of sp³-hybridized carbons (Fsp3) is 0.294. The third-order valence-electron chi connectivity index (χ3n) is 4.62. The van der Waals surface area contributed by atoms with E-state index in [1.54, 1.807) is 6.33 Å². The summed E-state index contributed by atoms with van der Waals surface area (Å²) in [6, 6.07) is 8.12. The first-order valence-electron chi connectivity index (χ1n) is 7.51. The Morgan fingerprint density at radius 3 is 2.83 bits per heavy atom. The van der Waals surface area contributed by atoms with Crippen LogP contribution >= 0.6 is 0 Å². The summed E-state index contributed by atoms with van der Waals surface area (Å²) >= 11 is 0. The minimum absolute atomic E-state index is 0. The first kappa shape index (κ1) is 15.6. The van der Waals surface area contributed by atoms with Crippen LogP contribution in [0.2, 0.25) is 0 Å². The normalized spacial score (nSPS) is 14.0. The maximum atomic E-state index is 13.0. The molecule has 6 heteroatoms. The summed E-state index contributed by atoms with van der Waals surface area (Å²) in [5.41, 5.74) is 5.09. The van der Waals surface area contributed by atoms with Crippen molar-refractivity contribution < 1.29 is 17.2 Å². The summed E-state index contributed by atoms with van der Waals surface area (Å²) < 4.78 is 2.15. The van der Waals surface area contributed by atoms with E-state index in [9.17, 15) is 4.79 Å². The number of fused-ring (bicyclic) bond motifs is 3. The number of nitrogens with one attached hydrogen (secondary N) is 1. The third-order valence-corrected chi connectivity index (χ3v) is 4.62. The van der Waals surface area contributed by atoms with E-state index in [1.165, 1.54) is 0 Å². The first-order chi connectivity index (χ1) is 10.7. The number of imidazole rings is 1. The van der Waals surface area contributed by atoms with Gasteiger partial charge in [0, 0.05) is 42.3 Å². The van der Waals surface area contributed by atoms with Crippen LogP contribution in [0.15, 0.2) is 30.6 Å². The van der Waals surface area contributed by atoms with Gasteiger partial charge in [-0.15, -0.1) is 0 Å². The van der Waals surface area contributed by atoms with Gasteiger partial charge in [0.1, 0.15) is 0 Å². The van der Waals surface area contributed by atoms with Gasteiger partial charge in [0.2, 0.25) is 0 Å². The number of aromatic nitrogens is 3. The van der Waals surface area contributed by atoms with Crippen molar-refractivity contribution in [3.8, 4) is 0 Å². The van der Waals surface area contributed by atoms with Crippen molar-refractivity contribution in [2.45, 2.75) is 19.9 Å². The van der Waals surface area contributed by atoms with Gasteiger partial charge in [-0.1, -0.05) is 18.2 Å². The van der Waals surface area contributed by atoms with Crippen LogP contribution < -0.4 is 12.4 Å². The highest BCUT2D eigenvalue weighted by Gasteiger charge is 2.30. The average Bonchev–Trinajstić information content (AvgIpc) is 3.05. The highest BCUT2D eigenvalue weighted by atomic mass is 35.5. The molecule has 0 saturated carbocycles. The molecular weight excluding hydrogens is 312 g/mol. The van der Waals surface area contributed by atoms with Gasteiger partial charge in [-0.05, 0) is 13.0 Å². The lowest BCUT2D eigenvalue weighted by Gasteiger charge is -2.27. The van der Waals surface area contributed by atoms with Crippen molar-refractivity contribution in [1.82, 2.24) is 19.4 Å². The highest BCUT2D eigenvalue weighted by Crippen LogP contribution is 2.30. The second kappa shape index (κ2) is 5.74. The van der Waals surface area contributed by atoms with Crippen molar-refractivity contribution in [2.24, 2.45) is 7.05 Å². The van der Waals surface area contributed by atoms with E-state index in [0.717, 1.165) is 46.5 Å². The van der Waals surface area contributed by atoms with Crippen LogP contribution in [0.4, 0.5) is 0 Å². The Hall–Kier alpha value is -2.27. The van der Waals surface area contributed by atoms with Gasteiger partial charge < -0.3 is 26.9 Å². The number of nitrogens with zero attached hydrogens (tertiary/aromatic N) is 3. The molecule has 0 saturated heterocycles. The van der Waals surface area contributed by atoms with E-state index < -0.39 is 0 Å². The van der Waals surface area contributed by atoms with Gasteiger partial charge in [-0.2, -0.15) is 0 Å². The number of amides is 1. The van der Waals surface area contributed by atoms with Crippen LogP contribution in [0.25, 0.3) is 10.9 Å². The molecule has 4 rings (SSSR count). The summed E-state index contributed by atoms with van der Waals surface area (Å²) in [4.78, 5) is 22.2. The van der Waals surface area contributed by atoms with Gasteiger partial charge in [0.15, 0.2) is 0 Å². The molecule has 0 fully saturated rings. The van der Waals surface area contributed by atoms with Crippen molar-refractivity contribution in [3.63, 3.8) is 0 Å². The standard InChI is InChI=1S/C17H18N4O.ClH/c1-11-13(19-10-18-11)9-21-8-7-15-16(17(21)22)12-5-3-4-6-14(12)20(15)2;/h3-6,10H,7-9H2,1-2H3,(H,18,19);1H/p-1. The van der Waals surface area contributed by atoms with Crippen molar-refractivity contribution in [3.05, 3.63) is 53.2 Å². The molecule has 0 unspecified atom stereocenters. The number of carbonyl (C=O) groups is 1. The Labute approximate surface area is 140 Å². The Balaban J connectivity index is 0.00000156. The molecule has 5 nitrogen and oxygen atoms in total. The second-order valence-electron chi connectivity index (χ2n) is 5.85. The number of para-hydroxylation sites is 1. The van der Waals surface area contributed by atoms with E-state index in [-0.39, 0.29) is 18.3 Å². The number of hydrogen-bond donors (Lipinski definition) is 1. The molecule has 1 aliphatic rings. The van der Waals surface area contributed by atoms with Crippen molar-refractivity contribution >= 4 is 16.8 Å². The van der Waals surface area contributed by atoms with Crippen LogP contribution in [-0.2, 0) is 20.0 Å².